The number of diazo groups is 1. The van der Waals surface area contributed by atoms with Gasteiger partial charge in [0.05, 0.1) is 0 Å². The monoisotopic (exact) mass is 229 g/mol. The normalized spacial score (nSPS) is 8.56. The van der Waals surface area contributed by atoms with Gasteiger partial charge >= 0.3 is 5.69 Å². The van der Waals surface area contributed by atoms with E-state index in [-0.39, 0.29) is 0 Å². The average Bonchev–Trinajstić information content (AvgIpc) is 2.46. The largest absolute Gasteiger partial charge is 0.385 e. The van der Waals surface area contributed by atoms with Crippen LogP contribution in [0.25, 0.3) is 4.98 Å². The fourth-order valence-corrected chi connectivity index (χ4v) is 1.41. The highest BCUT2D eigenvalue weighted by Crippen LogP contribution is 2.11. The average molecular weight is 229 g/mol. The first-order chi connectivity index (χ1) is 8.81. The summed E-state index contributed by atoms with van der Waals surface area (Å²) in [6.07, 6.45) is 5.28. The molecule has 0 bridgehead atoms. The third-order valence-electron chi connectivity index (χ3n) is 2.39. The van der Waals surface area contributed by atoms with Crippen molar-refractivity contribution in [1.29, 1.82) is 5.39 Å². The SMILES string of the molecule is C#Cc1ccc(C#Cc2ccc([N+]#N)cc2)cc1. The molecular weight excluding hydrogens is 220 g/mol. The molecule has 0 spiro atoms. The van der Waals surface area contributed by atoms with Crippen LogP contribution in [-0.2, 0) is 0 Å². The maximum atomic E-state index is 8.56. The highest BCUT2D eigenvalue weighted by molar-refractivity contribution is 5.50. The molecule has 18 heavy (non-hydrogen) atoms. The lowest BCUT2D eigenvalue weighted by molar-refractivity contribution is 1.46. The van der Waals surface area contributed by atoms with Gasteiger partial charge in [0.15, 0.2) is 4.98 Å². The molecule has 0 radical (unpaired) electrons. The Hall–Kier alpha value is -3.02. The topological polar surface area (TPSA) is 28.1 Å². The summed E-state index contributed by atoms with van der Waals surface area (Å²) in [6.45, 7) is 0. The van der Waals surface area contributed by atoms with Crippen molar-refractivity contribution < 1.29 is 0 Å². The van der Waals surface area contributed by atoms with E-state index < -0.39 is 0 Å². The first-order valence-corrected chi connectivity index (χ1v) is 5.36. The van der Waals surface area contributed by atoms with Crippen LogP contribution in [0.15, 0.2) is 48.5 Å². The Kier molecular flexibility index (Phi) is 3.41. The van der Waals surface area contributed by atoms with E-state index in [0.717, 1.165) is 16.7 Å². The molecule has 0 N–H and O–H groups in total. The molecule has 0 heterocycles. The molecule has 0 amide bonds. The second-order valence-corrected chi connectivity index (χ2v) is 3.62. The lowest BCUT2D eigenvalue weighted by atomic mass is 10.1. The summed E-state index contributed by atoms with van der Waals surface area (Å²) in [5.41, 5.74) is 3.13. The summed E-state index contributed by atoms with van der Waals surface area (Å²) < 4.78 is 0. The van der Waals surface area contributed by atoms with Crippen molar-refractivity contribution in [2.45, 2.75) is 0 Å². The summed E-state index contributed by atoms with van der Waals surface area (Å²) in [4.78, 5) is 3.08. The Morgan fingerprint density at radius 1 is 0.778 bits per heavy atom. The van der Waals surface area contributed by atoms with E-state index in [1.54, 1.807) is 24.3 Å². The number of benzene rings is 2. The highest BCUT2D eigenvalue weighted by atomic mass is 14.8. The van der Waals surface area contributed by atoms with Gasteiger partial charge in [-0.1, -0.05) is 17.8 Å². The van der Waals surface area contributed by atoms with Crippen LogP contribution in [0.1, 0.15) is 16.7 Å². The molecule has 0 saturated carbocycles. The van der Waals surface area contributed by atoms with Gasteiger partial charge in [-0.2, -0.15) is 0 Å². The Bertz CT molecular complexity index is 623. The third-order valence-corrected chi connectivity index (χ3v) is 2.39. The van der Waals surface area contributed by atoms with Gasteiger partial charge in [0.2, 0.25) is 5.39 Å². The van der Waals surface area contributed by atoms with Gasteiger partial charge in [-0.3, -0.25) is 0 Å². The van der Waals surface area contributed by atoms with Crippen molar-refractivity contribution >= 4 is 5.69 Å². The fourth-order valence-electron chi connectivity index (χ4n) is 1.41. The molecule has 0 aliphatic carbocycles. The van der Waals surface area contributed by atoms with E-state index in [1.807, 2.05) is 24.3 Å². The van der Waals surface area contributed by atoms with Crippen LogP contribution in [0.4, 0.5) is 5.69 Å². The van der Waals surface area contributed by atoms with Crippen LogP contribution < -0.4 is 0 Å². The summed E-state index contributed by atoms with van der Waals surface area (Å²) in [7, 11) is 0. The molecule has 2 rings (SSSR count). The zero-order chi connectivity index (χ0) is 12.8. The first kappa shape index (κ1) is 11.5. The summed E-state index contributed by atoms with van der Waals surface area (Å²) in [6, 6.07) is 14.5. The van der Waals surface area contributed by atoms with Crippen LogP contribution in [0.5, 0.6) is 0 Å². The number of hydrogen-bond donors (Lipinski definition) is 0. The molecule has 0 unspecified atom stereocenters. The number of rotatable bonds is 0. The first-order valence-electron chi connectivity index (χ1n) is 5.36. The van der Waals surface area contributed by atoms with E-state index in [4.69, 9.17) is 11.8 Å². The quantitative estimate of drug-likeness (QED) is 0.501. The van der Waals surface area contributed by atoms with Crippen LogP contribution >= 0.6 is 0 Å². The molecule has 0 aliphatic rings. The van der Waals surface area contributed by atoms with Gasteiger partial charge in [0.25, 0.3) is 0 Å². The Morgan fingerprint density at radius 2 is 1.22 bits per heavy atom. The van der Waals surface area contributed by atoms with Crippen LogP contribution in [-0.4, -0.2) is 0 Å². The number of terminal acetylenes is 1. The maximum Gasteiger partial charge on any atom is 0.385 e. The molecule has 82 valence electrons. The van der Waals surface area contributed by atoms with Crippen LogP contribution in [0.3, 0.4) is 0 Å². The maximum absolute atomic E-state index is 8.56. The molecule has 0 fully saturated rings. The predicted molar refractivity (Wildman–Crippen MR) is 71.5 cm³/mol. The zero-order valence-corrected chi connectivity index (χ0v) is 9.59. The van der Waals surface area contributed by atoms with Crippen molar-refractivity contribution in [3.63, 3.8) is 0 Å². The van der Waals surface area contributed by atoms with E-state index in [9.17, 15) is 0 Å². The summed E-state index contributed by atoms with van der Waals surface area (Å²) >= 11 is 0. The van der Waals surface area contributed by atoms with Gasteiger partial charge in [-0.05, 0) is 36.4 Å². The molecule has 0 saturated heterocycles. The van der Waals surface area contributed by atoms with Crippen LogP contribution in [0.2, 0.25) is 0 Å². The fraction of sp³-hybridized carbons (Fsp3) is 0. The third kappa shape index (κ3) is 2.76. The molecule has 0 atom stereocenters. The predicted octanol–water partition coefficient (Wildman–Crippen LogP) is 3.55. The lowest BCUT2D eigenvalue weighted by Crippen LogP contribution is -1.77. The van der Waals surface area contributed by atoms with Gasteiger partial charge in [-0.25, -0.2) is 0 Å². The zero-order valence-electron chi connectivity index (χ0n) is 9.59. The molecule has 0 aromatic heterocycles. The van der Waals surface area contributed by atoms with E-state index in [0.29, 0.717) is 5.69 Å². The molecule has 2 aromatic rings. The minimum atomic E-state index is 0.513. The van der Waals surface area contributed by atoms with Crippen molar-refractivity contribution in [3.8, 4) is 24.2 Å². The molecule has 2 heteroatoms. The summed E-state index contributed by atoms with van der Waals surface area (Å²) in [5, 5.41) is 8.56. The summed E-state index contributed by atoms with van der Waals surface area (Å²) in [5.74, 6) is 8.62. The second-order valence-electron chi connectivity index (χ2n) is 3.62. The number of hydrogen-bond acceptors (Lipinski definition) is 1. The lowest BCUT2D eigenvalue weighted by Gasteiger charge is -1.91. The Balaban J connectivity index is 2.20. The van der Waals surface area contributed by atoms with E-state index in [2.05, 4.69) is 22.7 Å². The standard InChI is InChI=1S/C16H9N2/c1-2-13-3-5-14(6-4-13)7-8-15-9-11-16(18-17)12-10-15/h1,3-6,9-12H/q+1. The smallest absolute Gasteiger partial charge is 0.115 e. The van der Waals surface area contributed by atoms with Gasteiger partial charge < -0.3 is 0 Å². The second kappa shape index (κ2) is 5.35. The highest BCUT2D eigenvalue weighted by Gasteiger charge is 2.00. The molecule has 2 aromatic carbocycles. The molecule has 2 nitrogen and oxygen atoms in total. The van der Waals surface area contributed by atoms with E-state index in [1.165, 1.54) is 0 Å². The van der Waals surface area contributed by atoms with Gasteiger partial charge in [0, 0.05) is 28.8 Å². The van der Waals surface area contributed by atoms with Gasteiger partial charge in [0.1, 0.15) is 0 Å². The van der Waals surface area contributed by atoms with Crippen molar-refractivity contribution in [1.82, 2.24) is 0 Å². The van der Waals surface area contributed by atoms with Crippen LogP contribution in [0, 0.1) is 29.6 Å². The van der Waals surface area contributed by atoms with Gasteiger partial charge in [-0.15, -0.1) is 6.42 Å². The van der Waals surface area contributed by atoms with Crippen molar-refractivity contribution in [2.24, 2.45) is 0 Å². The number of nitrogens with zero attached hydrogens (tertiary/aromatic N) is 2. The Labute approximate surface area is 106 Å². The van der Waals surface area contributed by atoms with E-state index >= 15 is 0 Å². The minimum Gasteiger partial charge on any atom is -0.115 e. The molecule has 0 aliphatic heterocycles. The Morgan fingerprint density at radius 3 is 1.67 bits per heavy atom. The molecular formula is C16H9N2+. The van der Waals surface area contributed by atoms with Crippen molar-refractivity contribution in [3.05, 3.63) is 70.2 Å². The van der Waals surface area contributed by atoms with Crippen molar-refractivity contribution in [2.75, 3.05) is 0 Å². The minimum absolute atomic E-state index is 0.513.